The second-order valence-electron chi connectivity index (χ2n) is 2.62. The number of rotatable bonds is 8. The molecule has 0 heterocycles. The highest BCUT2D eigenvalue weighted by molar-refractivity contribution is 5.73. The molecule has 0 rings (SSSR count). The highest BCUT2D eigenvalue weighted by Gasteiger charge is 1.99. The van der Waals surface area contributed by atoms with Crippen LogP contribution in [0.2, 0.25) is 0 Å². The SMILES string of the molecule is COCCNC(=O)NCCOCC(=O)O. The molecule has 0 saturated heterocycles. The van der Waals surface area contributed by atoms with Gasteiger partial charge in [0.05, 0.1) is 13.2 Å². The molecule has 0 spiro atoms. The molecule has 0 aliphatic carbocycles. The molecule has 0 aliphatic heterocycles. The largest absolute Gasteiger partial charge is 0.480 e. The van der Waals surface area contributed by atoms with Crippen LogP contribution in [-0.4, -0.2) is 57.1 Å². The van der Waals surface area contributed by atoms with E-state index in [2.05, 4.69) is 10.6 Å². The summed E-state index contributed by atoms with van der Waals surface area (Å²) in [5.74, 6) is -1.03. The fraction of sp³-hybridized carbons (Fsp3) is 0.750. The Bertz CT molecular complexity index is 197. The Morgan fingerprint density at radius 1 is 1.20 bits per heavy atom. The zero-order valence-corrected chi connectivity index (χ0v) is 8.62. The maximum absolute atomic E-state index is 11.0. The number of aliphatic carboxylic acids is 1. The molecule has 0 aromatic heterocycles. The van der Waals surface area contributed by atoms with Crippen LogP contribution in [0.15, 0.2) is 0 Å². The molecule has 0 aliphatic rings. The Balaban J connectivity index is 3.20. The molecule has 88 valence electrons. The van der Waals surface area contributed by atoms with E-state index in [-0.39, 0.29) is 25.8 Å². The standard InChI is InChI=1S/C8H16N2O5/c1-14-4-2-9-8(13)10-3-5-15-6-7(11)12/h2-6H2,1H3,(H,11,12)(H2,9,10,13). The fourth-order valence-electron chi connectivity index (χ4n) is 0.725. The topological polar surface area (TPSA) is 96.9 Å². The van der Waals surface area contributed by atoms with Crippen molar-refractivity contribution in [3.63, 3.8) is 0 Å². The monoisotopic (exact) mass is 220 g/mol. The van der Waals surface area contributed by atoms with E-state index in [9.17, 15) is 9.59 Å². The predicted octanol–water partition coefficient (Wildman–Crippen LogP) is -0.967. The number of carboxylic acids is 1. The van der Waals surface area contributed by atoms with Gasteiger partial charge in [0, 0.05) is 20.2 Å². The molecule has 0 saturated carbocycles. The van der Waals surface area contributed by atoms with E-state index >= 15 is 0 Å². The molecule has 0 bridgehead atoms. The lowest BCUT2D eigenvalue weighted by atomic mass is 10.6. The molecule has 2 amide bonds. The normalized spacial score (nSPS) is 9.67. The van der Waals surface area contributed by atoms with Gasteiger partial charge >= 0.3 is 12.0 Å². The minimum absolute atomic E-state index is 0.171. The van der Waals surface area contributed by atoms with Gasteiger partial charge in [-0.1, -0.05) is 0 Å². The molecule has 7 heteroatoms. The van der Waals surface area contributed by atoms with E-state index in [4.69, 9.17) is 14.6 Å². The number of carboxylic acid groups (broad SMARTS) is 1. The van der Waals surface area contributed by atoms with Gasteiger partial charge in [-0.25, -0.2) is 9.59 Å². The Morgan fingerprint density at radius 3 is 2.33 bits per heavy atom. The second kappa shape index (κ2) is 9.22. The van der Waals surface area contributed by atoms with Crippen molar-refractivity contribution < 1.29 is 24.2 Å². The summed E-state index contributed by atoms with van der Waals surface area (Å²) >= 11 is 0. The first kappa shape index (κ1) is 13.7. The third kappa shape index (κ3) is 10.6. The summed E-state index contributed by atoms with van der Waals surface area (Å²) in [6.07, 6.45) is 0. The molecule has 7 nitrogen and oxygen atoms in total. The van der Waals surface area contributed by atoms with Crippen molar-refractivity contribution in [3.05, 3.63) is 0 Å². The van der Waals surface area contributed by atoms with Crippen molar-refractivity contribution in [1.29, 1.82) is 0 Å². The number of urea groups is 1. The molecule has 3 N–H and O–H groups in total. The highest BCUT2D eigenvalue weighted by Crippen LogP contribution is 1.74. The van der Waals surface area contributed by atoms with Gasteiger partial charge in [-0.2, -0.15) is 0 Å². The molecule has 0 radical (unpaired) electrons. The van der Waals surface area contributed by atoms with Crippen LogP contribution < -0.4 is 10.6 Å². The summed E-state index contributed by atoms with van der Waals surface area (Å²) in [6.45, 7) is 0.963. The first-order valence-corrected chi connectivity index (χ1v) is 4.47. The van der Waals surface area contributed by atoms with Gasteiger partial charge in [0.25, 0.3) is 0 Å². The highest BCUT2D eigenvalue weighted by atomic mass is 16.5. The number of ether oxygens (including phenoxy) is 2. The number of amides is 2. The average Bonchev–Trinajstić information content (AvgIpc) is 2.17. The van der Waals surface area contributed by atoms with Crippen molar-refractivity contribution in [2.24, 2.45) is 0 Å². The van der Waals surface area contributed by atoms with Gasteiger partial charge in [-0.15, -0.1) is 0 Å². The van der Waals surface area contributed by atoms with E-state index in [0.29, 0.717) is 13.2 Å². The van der Waals surface area contributed by atoms with Gasteiger partial charge < -0.3 is 25.2 Å². The summed E-state index contributed by atoms with van der Waals surface area (Å²) in [5.41, 5.74) is 0. The van der Waals surface area contributed by atoms with Crippen molar-refractivity contribution in [2.45, 2.75) is 0 Å². The lowest BCUT2D eigenvalue weighted by Crippen LogP contribution is -2.38. The lowest BCUT2D eigenvalue weighted by molar-refractivity contribution is -0.142. The average molecular weight is 220 g/mol. The predicted molar refractivity (Wildman–Crippen MR) is 51.7 cm³/mol. The minimum atomic E-state index is -1.03. The van der Waals surface area contributed by atoms with Crippen LogP contribution in [0.25, 0.3) is 0 Å². The molecule has 0 fully saturated rings. The summed E-state index contributed by atoms with van der Waals surface area (Å²) in [7, 11) is 1.54. The number of hydrogen-bond donors (Lipinski definition) is 3. The Kier molecular flexibility index (Phi) is 8.40. The van der Waals surface area contributed by atoms with Crippen LogP contribution in [0.3, 0.4) is 0 Å². The van der Waals surface area contributed by atoms with Gasteiger partial charge in [0.2, 0.25) is 0 Å². The van der Waals surface area contributed by atoms with E-state index in [1.165, 1.54) is 0 Å². The van der Waals surface area contributed by atoms with Crippen molar-refractivity contribution in [2.75, 3.05) is 40.0 Å². The summed E-state index contributed by atoms with van der Waals surface area (Å²) in [4.78, 5) is 21.0. The molecular formula is C8H16N2O5. The minimum Gasteiger partial charge on any atom is -0.480 e. The molecule has 0 atom stereocenters. The first-order valence-electron chi connectivity index (χ1n) is 4.47. The van der Waals surface area contributed by atoms with Crippen molar-refractivity contribution in [3.8, 4) is 0 Å². The van der Waals surface area contributed by atoms with Crippen LogP contribution in [-0.2, 0) is 14.3 Å². The van der Waals surface area contributed by atoms with E-state index < -0.39 is 5.97 Å². The molecule has 0 aromatic rings. The summed E-state index contributed by atoms with van der Waals surface area (Å²) < 4.78 is 9.43. The summed E-state index contributed by atoms with van der Waals surface area (Å²) in [5, 5.41) is 13.3. The van der Waals surface area contributed by atoms with E-state index in [1.807, 2.05) is 0 Å². The molecular weight excluding hydrogens is 204 g/mol. The number of methoxy groups -OCH3 is 1. The Morgan fingerprint density at radius 2 is 1.80 bits per heavy atom. The Hall–Kier alpha value is -1.34. The third-order valence-corrected chi connectivity index (χ3v) is 1.35. The zero-order chi connectivity index (χ0) is 11.5. The van der Waals surface area contributed by atoms with Crippen LogP contribution in [0.1, 0.15) is 0 Å². The number of carbonyl (C=O) groups is 2. The van der Waals surface area contributed by atoms with Gasteiger partial charge in [-0.3, -0.25) is 0 Å². The van der Waals surface area contributed by atoms with Gasteiger partial charge in [0.1, 0.15) is 6.61 Å². The first-order chi connectivity index (χ1) is 7.16. The quantitative estimate of drug-likeness (QED) is 0.457. The molecule has 15 heavy (non-hydrogen) atoms. The molecule has 0 aromatic carbocycles. The Labute approximate surface area is 87.7 Å². The van der Waals surface area contributed by atoms with Crippen molar-refractivity contribution in [1.82, 2.24) is 10.6 Å². The fourth-order valence-corrected chi connectivity index (χ4v) is 0.725. The van der Waals surface area contributed by atoms with Crippen LogP contribution in [0, 0.1) is 0 Å². The number of carbonyl (C=O) groups excluding carboxylic acids is 1. The third-order valence-electron chi connectivity index (χ3n) is 1.35. The van der Waals surface area contributed by atoms with Crippen molar-refractivity contribution >= 4 is 12.0 Å². The lowest BCUT2D eigenvalue weighted by Gasteiger charge is -2.06. The number of nitrogens with one attached hydrogen (secondary N) is 2. The smallest absolute Gasteiger partial charge is 0.329 e. The van der Waals surface area contributed by atoms with Crippen LogP contribution in [0.5, 0.6) is 0 Å². The van der Waals surface area contributed by atoms with Crippen LogP contribution in [0.4, 0.5) is 4.79 Å². The van der Waals surface area contributed by atoms with Crippen LogP contribution >= 0.6 is 0 Å². The second-order valence-corrected chi connectivity index (χ2v) is 2.62. The number of hydrogen-bond acceptors (Lipinski definition) is 4. The van der Waals surface area contributed by atoms with E-state index in [1.54, 1.807) is 7.11 Å². The van der Waals surface area contributed by atoms with Gasteiger partial charge in [0.15, 0.2) is 0 Å². The van der Waals surface area contributed by atoms with Gasteiger partial charge in [-0.05, 0) is 0 Å². The van der Waals surface area contributed by atoms with E-state index in [0.717, 1.165) is 0 Å². The maximum Gasteiger partial charge on any atom is 0.329 e. The maximum atomic E-state index is 11.0. The summed E-state index contributed by atoms with van der Waals surface area (Å²) in [6, 6.07) is -0.328. The molecule has 0 unspecified atom stereocenters. The zero-order valence-electron chi connectivity index (χ0n) is 8.62.